The Balaban J connectivity index is 2.15. The Hall–Kier alpha value is -0.570. The highest BCUT2D eigenvalue weighted by Gasteiger charge is 2.53. The van der Waals surface area contributed by atoms with Crippen LogP contribution in [0, 0.1) is 11.3 Å². The number of hydrogen-bond acceptors (Lipinski definition) is 3. The minimum Gasteiger partial charge on any atom is -0.465 e. The van der Waals surface area contributed by atoms with Crippen LogP contribution in [0.15, 0.2) is 0 Å². The molecular weight excluding hydrogens is 226 g/mol. The molecule has 3 nitrogen and oxygen atoms in total. The number of esters is 1. The normalized spacial score (nSPS) is 31.1. The molecule has 0 aliphatic heterocycles. The van der Waals surface area contributed by atoms with Crippen LogP contribution in [0.25, 0.3) is 0 Å². The summed E-state index contributed by atoms with van der Waals surface area (Å²) in [6.45, 7) is 7.76. The van der Waals surface area contributed by atoms with Crippen LogP contribution >= 0.6 is 0 Å². The lowest BCUT2D eigenvalue weighted by molar-refractivity contribution is -0.159. The molecule has 0 amide bonds. The molecule has 0 aromatic carbocycles. The first-order valence-electron chi connectivity index (χ1n) is 7.44. The minimum atomic E-state index is -0.455. The highest BCUT2D eigenvalue weighted by molar-refractivity contribution is 5.82. The summed E-state index contributed by atoms with van der Waals surface area (Å²) in [7, 11) is 0. The average molecular weight is 253 g/mol. The maximum Gasteiger partial charge on any atom is 0.326 e. The molecule has 3 heteroatoms. The number of carbonyl (C=O) groups is 1. The van der Waals surface area contributed by atoms with E-state index in [-0.39, 0.29) is 11.4 Å². The van der Waals surface area contributed by atoms with Gasteiger partial charge in [0.25, 0.3) is 0 Å². The third-order valence-electron chi connectivity index (χ3n) is 4.77. The fraction of sp³-hybridized carbons (Fsp3) is 0.933. The molecular formula is C15H27NO2. The molecule has 18 heavy (non-hydrogen) atoms. The molecule has 0 bridgehead atoms. The zero-order valence-electron chi connectivity index (χ0n) is 12.1. The summed E-state index contributed by atoms with van der Waals surface area (Å²) in [5, 5.41) is 3.60. The Morgan fingerprint density at radius 3 is 2.50 bits per heavy atom. The molecule has 1 unspecified atom stereocenters. The van der Waals surface area contributed by atoms with Crippen LogP contribution in [0.2, 0.25) is 0 Å². The van der Waals surface area contributed by atoms with Gasteiger partial charge in [0.1, 0.15) is 5.54 Å². The number of rotatable bonds is 5. The van der Waals surface area contributed by atoms with Crippen LogP contribution in [0.3, 0.4) is 0 Å². The van der Waals surface area contributed by atoms with Crippen molar-refractivity contribution in [3.8, 4) is 0 Å². The molecule has 2 aliphatic rings. The Kier molecular flexibility index (Phi) is 4.00. The highest BCUT2D eigenvalue weighted by atomic mass is 16.5. The smallest absolute Gasteiger partial charge is 0.326 e. The number of ether oxygens (including phenoxy) is 1. The second-order valence-corrected chi connectivity index (χ2v) is 6.54. The summed E-state index contributed by atoms with van der Waals surface area (Å²) in [6.07, 6.45) is 6.99. The molecule has 2 rings (SSSR count). The van der Waals surface area contributed by atoms with Gasteiger partial charge >= 0.3 is 5.97 Å². The lowest BCUT2D eigenvalue weighted by Crippen LogP contribution is -2.64. The predicted octanol–water partition coefficient (Wildman–Crippen LogP) is 2.89. The van der Waals surface area contributed by atoms with Crippen molar-refractivity contribution in [2.45, 2.75) is 64.8 Å². The molecule has 2 saturated carbocycles. The molecule has 0 spiro atoms. The fourth-order valence-electron chi connectivity index (χ4n) is 3.18. The largest absolute Gasteiger partial charge is 0.465 e. The molecule has 0 aromatic heterocycles. The predicted molar refractivity (Wildman–Crippen MR) is 72.3 cm³/mol. The Bertz CT molecular complexity index is 310. The van der Waals surface area contributed by atoms with Crippen molar-refractivity contribution in [1.29, 1.82) is 0 Å². The van der Waals surface area contributed by atoms with E-state index in [1.54, 1.807) is 0 Å². The van der Waals surface area contributed by atoms with Crippen LogP contribution in [-0.4, -0.2) is 24.7 Å². The maximum atomic E-state index is 12.5. The highest BCUT2D eigenvalue weighted by Crippen LogP contribution is 2.45. The minimum absolute atomic E-state index is 0.00755. The van der Waals surface area contributed by atoms with Crippen molar-refractivity contribution in [3.05, 3.63) is 0 Å². The standard InChI is InChI=1S/C15H27NO2/c1-4-18-13(17)15(16-11-12-7-8-12)10-6-5-9-14(15,2)3/h12,16H,4-11H2,1-3H3. The van der Waals surface area contributed by atoms with Crippen LogP contribution in [0.5, 0.6) is 0 Å². The van der Waals surface area contributed by atoms with Gasteiger partial charge in [-0.2, -0.15) is 0 Å². The van der Waals surface area contributed by atoms with Gasteiger partial charge < -0.3 is 10.1 Å². The van der Waals surface area contributed by atoms with Crippen LogP contribution in [0.1, 0.15) is 59.3 Å². The first-order valence-corrected chi connectivity index (χ1v) is 7.44. The van der Waals surface area contributed by atoms with Gasteiger partial charge in [-0.25, -0.2) is 0 Å². The first-order chi connectivity index (χ1) is 8.52. The monoisotopic (exact) mass is 253 g/mol. The molecule has 0 heterocycles. The van der Waals surface area contributed by atoms with Gasteiger partial charge in [-0.15, -0.1) is 0 Å². The van der Waals surface area contributed by atoms with Gasteiger partial charge in [-0.05, 0) is 50.5 Å². The van der Waals surface area contributed by atoms with Gasteiger partial charge in [0.15, 0.2) is 0 Å². The van der Waals surface area contributed by atoms with Crippen LogP contribution < -0.4 is 5.32 Å². The van der Waals surface area contributed by atoms with E-state index >= 15 is 0 Å². The molecule has 104 valence electrons. The quantitative estimate of drug-likeness (QED) is 0.766. The van der Waals surface area contributed by atoms with E-state index in [9.17, 15) is 4.79 Å². The third kappa shape index (κ3) is 2.56. The lowest BCUT2D eigenvalue weighted by atomic mass is 9.63. The van der Waals surface area contributed by atoms with Crippen LogP contribution in [0.4, 0.5) is 0 Å². The van der Waals surface area contributed by atoms with E-state index < -0.39 is 5.54 Å². The fourth-order valence-corrected chi connectivity index (χ4v) is 3.18. The molecule has 1 N–H and O–H groups in total. The van der Waals surface area contributed by atoms with E-state index in [0.717, 1.165) is 31.7 Å². The van der Waals surface area contributed by atoms with Crippen molar-refractivity contribution >= 4 is 5.97 Å². The third-order valence-corrected chi connectivity index (χ3v) is 4.77. The molecule has 0 saturated heterocycles. The zero-order valence-corrected chi connectivity index (χ0v) is 12.1. The van der Waals surface area contributed by atoms with Gasteiger partial charge in [-0.1, -0.05) is 26.7 Å². The van der Waals surface area contributed by atoms with E-state index in [0.29, 0.717) is 6.61 Å². The average Bonchev–Trinajstić information content (AvgIpc) is 3.11. The van der Waals surface area contributed by atoms with Gasteiger partial charge in [-0.3, -0.25) is 4.79 Å². The van der Waals surface area contributed by atoms with Crippen molar-refractivity contribution < 1.29 is 9.53 Å². The van der Waals surface area contributed by atoms with Crippen molar-refractivity contribution in [2.75, 3.05) is 13.2 Å². The van der Waals surface area contributed by atoms with E-state index in [2.05, 4.69) is 19.2 Å². The molecule has 1 atom stereocenters. The first kappa shape index (κ1) is 13.9. The Morgan fingerprint density at radius 2 is 1.94 bits per heavy atom. The van der Waals surface area contributed by atoms with Crippen molar-refractivity contribution in [1.82, 2.24) is 5.32 Å². The van der Waals surface area contributed by atoms with E-state index in [1.165, 1.54) is 19.3 Å². The SMILES string of the molecule is CCOC(=O)C1(NCC2CC2)CCCCC1(C)C. The van der Waals surface area contributed by atoms with Crippen LogP contribution in [-0.2, 0) is 9.53 Å². The molecule has 2 aliphatic carbocycles. The second-order valence-electron chi connectivity index (χ2n) is 6.54. The number of hydrogen-bond donors (Lipinski definition) is 1. The molecule has 2 fully saturated rings. The summed E-state index contributed by atoms with van der Waals surface area (Å²) < 4.78 is 5.37. The summed E-state index contributed by atoms with van der Waals surface area (Å²) in [4.78, 5) is 12.5. The van der Waals surface area contributed by atoms with E-state index in [4.69, 9.17) is 4.74 Å². The summed E-state index contributed by atoms with van der Waals surface area (Å²) in [6, 6.07) is 0. The lowest BCUT2D eigenvalue weighted by Gasteiger charge is -2.48. The number of nitrogens with one attached hydrogen (secondary N) is 1. The van der Waals surface area contributed by atoms with Crippen molar-refractivity contribution in [3.63, 3.8) is 0 Å². The Labute approximate surface area is 111 Å². The number of carbonyl (C=O) groups excluding carboxylic acids is 1. The maximum absolute atomic E-state index is 12.5. The molecule has 0 aromatic rings. The summed E-state index contributed by atoms with van der Waals surface area (Å²) in [5.74, 6) is 0.754. The van der Waals surface area contributed by atoms with Gasteiger partial charge in [0.05, 0.1) is 6.61 Å². The second kappa shape index (κ2) is 5.20. The van der Waals surface area contributed by atoms with E-state index in [1.807, 2.05) is 6.92 Å². The zero-order chi connectivity index (χ0) is 13.2. The summed E-state index contributed by atoms with van der Waals surface area (Å²) >= 11 is 0. The molecule has 0 radical (unpaired) electrons. The van der Waals surface area contributed by atoms with Crippen molar-refractivity contribution in [2.24, 2.45) is 11.3 Å². The Morgan fingerprint density at radius 1 is 1.28 bits per heavy atom. The van der Waals surface area contributed by atoms with Gasteiger partial charge in [0.2, 0.25) is 0 Å². The summed E-state index contributed by atoms with van der Waals surface area (Å²) in [5.41, 5.74) is -0.462. The van der Waals surface area contributed by atoms with Gasteiger partial charge in [0, 0.05) is 0 Å². The topological polar surface area (TPSA) is 38.3 Å².